The predicted octanol–water partition coefficient (Wildman–Crippen LogP) is 13.1. The van der Waals surface area contributed by atoms with Gasteiger partial charge in [-0.2, -0.15) is 0 Å². The second-order valence-electron chi connectivity index (χ2n) is 11.4. The Morgan fingerprint density at radius 2 is 1.04 bits per heavy atom. The Labute approximate surface area is 276 Å². The number of rotatable bonds is 5. The first kappa shape index (κ1) is 27.1. The Morgan fingerprint density at radius 1 is 0.413 bits per heavy atom. The Morgan fingerprint density at radius 3 is 1.89 bits per heavy atom. The molecule has 4 heteroatoms. The maximum absolute atomic E-state index is 2.43. The lowest BCUT2D eigenvalue weighted by Gasteiger charge is -2.34. The molecule has 0 saturated heterocycles. The number of thiophene rings is 1. The van der Waals surface area contributed by atoms with Gasteiger partial charge in [-0.15, -0.1) is 11.3 Å². The van der Waals surface area contributed by atoms with Crippen molar-refractivity contribution in [3.8, 4) is 11.1 Å². The zero-order valence-electron chi connectivity index (χ0n) is 24.9. The fourth-order valence-electron chi connectivity index (χ4n) is 6.47. The van der Waals surface area contributed by atoms with Gasteiger partial charge < -0.3 is 9.80 Å². The van der Waals surface area contributed by atoms with Gasteiger partial charge in [-0.05, 0) is 83.9 Å². The number of hydrogen-bond donors (Lipinski definition) is 0. The van der Waals surface area contributed by atoms with Crippen molar-refractivity contribution in [2.75, 3.05) is 9.80 Å². The molecule has 0 unspecified atom stereocenters. The van der Waals surface area contributed by atoms with Gasteiger partial charge >= 0.3 is 0 Å². The van der Waals surface area contributed by atoms with E-state index in [0.29, 0.717) is 0 Å². The predicted molar refractivity (Wildman–Crippen MR) is 198 cm³/mol. The summed E-state index contributed by atoms with van der Waals surface area (Å²) in [7, 11) is 0. The average molecular weight is 625 g/mol. The van der Waals surface area contributed by atoms with Crippen LogP contribution in [0.2, 0.25) is 0 Å². The van der Waals surface area contributed by atoms with E-state index in [1.807, 2.05) is 23.1 Å². The van der Waals surface area contributed by atoms with Crippen LogP contribution in [-0.2, 0) is 0 Å². The summed E-state index contributed by atoms with van der Waals surface area (Å²) in [6.45, 7) is 0. The molecule has 8 aromatic rings. The van der Waals surface area contributed by atoms with Crippen molar-refractivity contribution < 1.29 is 0 Å². The van der Waals surface area contributed by atoms with Crippen LogP contribution in [0.5, 0.6) is 0 Å². The number of nitrogens with zero attached hydrogens (tertiary/aromatic N) is 2. The Balaban J connectivity index is 1.16. The summed E-state index contributed by atoms with van der Waals surface area (Å²) in [6.07, 6.45) is 0. The van der Waals surface area contributed by atoms with Crippen molar-refractivity contribution in [1.82, 2.24) is 0 Å². The van der Waals surface area contributed by atoms with E-state index in [0.717, 1.165) is 17.1 Å². The molecule has 1 aliphatic heterocycles. The monoisotopic (exact) mass is 624 g/mol. The molecule has 218 valence electrons. The number of anilines is 6. The highest BCUT2D eigenvalue weighted by Gasteiger charge is 2.26. The van der Waals surface area contributed by atoms with Crippen LogP contribution >= 0.6 is 23.1 Å². The van der Waals surface area contributed by atoms with Gasteiger partial charge in [0.1, 0.15) is 0 Å². The molecule has 0 saturated carbocycles. The summed E-state index contributed by atoms with van der Waals surface area (Å²) in [5.74, 6) is 0. The van der Waals surface area contributed by atoms with Crippen LogP contribution in [0.25, 0.3) is 31.3 Å². The second-order valence-corrected chi connectivity index (χ2v) is 13.6. The van der Waals surface area contributed by atoms with Gasteiger partial charge in [0, 0.05) is 52.7 Å². The molecule has 2 heterocycles. The van der Waals surface area contributed by atoms with Gasteiger partial charge in [0.25, 0.3) is 0 Å². The van der Waals surface area contributed by atoms with Gasteiger partial charge in [-0.25, -0.2) is 0 Å². The summed E-state index contributed by atoms with van der Waals surface area (Å²) in [5, 5.41) is 2.64. The quantitative estimate of drug-likeness (QED) is 0.188. The van der Waals surface area contributed by atoms with Gasteiger partial charge in [0.05, 0.1) is 11.4 Å². The van der Waals surface area contributed by atoms with Crippen molar-refractivity contribution in [3.63, 3.8) is 0 Å². The Hall–Kier alpha value is -5.29. The molecular weight excluding hydrogens is 597 g/mol. The lowest BCUT2D eigenvalue weighted by Crippen LogP contribution is -2.16. The third kappa shape index (κ3) is 4.66. The molecule has 1 aromatic heterocycles. The lowest BCUT2D eigenvalue weighted by atomic mass is 10.0. The van der Waals surface area contributed by atoms with E-state index < -0.39 is 0 Å². The normalized spacial score (nSPS) is 12.2. The van der Waals surface area contributed by atoms with Gasteiger partial charge in [0.2, 0.25) is 0 Å². The molecule has 1 aliphatic rings. The maximum atomic E-state index is 2.43. The molecule has 0 amide bonds. The highest BCUT2D eigenvalue weighted by molar-refractivity contribution is 7.99. The van der Waals surface area contributed by atoms with E-state index in [1.165, 1.54) is 58.2 Å². The minimum atomic E-state index is 1.12. The largest absolute Gasteiger partial charge is 0.310 e. The first-order chi connectivity index (χ1) is 22.8. The van der Waals surface area contributed by atoms with Crippen LogP contribution in [0.3, 0.4) is 0 Å². The summed E-state index contributed by atoms with van der Waals surface area (Å²) in [6, 6.07) is 61.4. The van der Waals surface area contributed by atoms with Crippen molar-refractivity contribution in [1.29, 1.82) is 0 Å². The summed E-state index contributed by atoms with van der Waals surface area (Å²) in [5.41, 5.74) is 9.40. The Kier molecular flexibility index (Phi) is 6.62. The minimum absolute atomic E-state index is 1.12. The number of benzene rings is 7. The SMILES string of the molecule is c1ccc(-c2ccc(N(c3ccccc3)c3ccc4c(c3)Sc3ccccc3N4c3ccc4c(c3)sc3ccccc34)cc2)cc1. The van der Waals surface area contributed by atoms with Crippen LogP contribution in [0.1, 0.15) is 0 Å². The maximum Gasteiger partial charge on any atom is 0.0603 e. The van der Waals surface area contributed by atoms with E-state index in [1.54, 1.807) is 0 Å². The van der Waals surface area contributed by atoms with Crippen LogP contribution in [-0.4, -0.2) is 0 Å². The molecule has 9 rings (SSSR count). The topological polar surface area (TPSA) is 6.48 Å². The third-order valence-corrected chi connectivity index (χ3v) is 10.9. The molecule has 0 N–H and O–H groups in total. The second kappa shape index (κ2) is 11.3. The highest BCUT2D eigenvalue weighted by Crippen LogP contribution is 2.53. The number of hydrogen-bond acceptors (Lipinski definition) is 4. The third-order valence-electron chi connectivity index (χ3n) is 8.64. The molecule has 46 heavy (non-hydrogen) atoms. The number of para-hydroxylation sites is 2. The zero-order chi connectivity index (χ0) is 30.5. The summed E-state index contributed by atoms with van der Waals surface area (Å²) >= 11 is 3.71. The fourth-order valence-corrected chi connectivity index (χ4v) is 8.70. The molecule has 0 atom stereocenters. The van der Waals surface area contributed by atoms with Crippen molar-refractivity contribution in [3.05, 3.63) is 170 Å². The summed E-state index contributed by atoms with van der Waals surface area (Å²) < 4.78 is 2.63. The first-order valence-corrected chi connectivity index (χ1v) is 17.1. The van der Waals surface area contributed by atoms with Gasteiger partial charge in [-0.1, -0.05) is 109 Å². The molecule has 0 aliphatic carbocycles. The van der Waals surface area contributed by atoms with E-state index in [2.05, 4.69) is 180 Å². The molecule has 7 aromatic carbocycles. The molecule has 0 spiro atoms. The zero-order valence-corrected chi connectivity index (χ0v) is 26.5. The van der Waals surface area contributed by atoms with Crippen LogP contribution in [0.15, 0.2) is 180 Å². The van der Waals surface area contributed by atoms with Crippen LogP contribution in [0.4, 0.5) is 34.1 Å². The highest BCUT2D eigenvalue weighted by atomic mass is 32.2. The van der Waals surface area contributed by atoms with Gasteiger partial charge in [0.15, 0.2) is 0 Å². The van der Waals surface area contributed by atoms with E-state index >= 15 is 0 Å². The standard InChI is InChI=1S/C42H28N2S2/c1-3-11-29(12-4-1)30-19-21-32(22-20-30)43(31-13-5-2-6-14-31)33-24-26-38-42(28-33)46-40-18-10-8-16-37(40)44(38)34-23-25-36-35-15-7-9-17-39(35)45-41(36)27-34/h1-28H. The molecule has 0 radical (unpaired) electrons. The molecule has 0 fully saturated rings. The minimum Gasteiger partial charge on any atom is -0.310 e. The van der Waals surface area contributed by atoms with E-state index in [-0.39, 0.29) is 0 Å². The van der Waals surface area contributed by atoms with Crippen LogP contribution < -0.4 is 9.80 Å². The summed E-state index contributed by atoms with van der Waals surface area (Å²) in [4.78, 5) is 7.26. The average Bonchev–Trinajstić information content (AvgIpc) is 3.50. The molecule has 0 bridgehead atoms. The van der Waals surface area contributed by atoms with Crippen molar-refractivity contribution in [2.24, 2.45) is 0 Å². The molecular formula is C42H28N2S2. The fraction of sp³-hybridized carbons (Fsp3) is 0. The van der Waals surface area contributed by atoms with Crippen molar-refractivity contribution >= 4 is 77.4 Å². The van der Waals surface area contributed by atoms with Gasteiger partial charge in [-0.3, -0.25) is 0 Å². The van der Waals surface area contributed by atoms with E-state index in [4.69, 9.17) is 0 Å². The first-order valence-electron chi connectivity index (χ1n) is 15.4. The smallest absolute Gasteiger partial charge is 0.0603 e. The van der Waals surface area contributed by atoms with E-state index in [9.17, 15) is 0 Å². The Bertz CT molecular complexity index is 2340. The molecule has 2 nitrogen and oxygen atoms in total. The van der Waals surface area contributed by atoms with Crippen LogP contribution in [0, 0.1) is 0 Å². The number of fused-ring (bicyclic) bond motifs is 5. The van der Waals surface area contributed by atoms with Crippen molar-refractivity contribution in [2.45, 2.75) is 9.79 Å². The lowest BCUT2D eigenvalue weighted by molar-refractivity contribution is 1.16.